The van der Waals surface area contributed by atoms with Gasteiger partial charge in [0, 0.05) is 39.4 Å². The number of carbonyl (C=O) groups is 2. The van der Waals surface area contributed by atoms with Gasteiger partial charge < -0.3 is 19.3 Å². The molecule has 1 aromatic rings. The Morgan fingerprint density at radius 2 is 2.04 bits per heavy atom. The van der Waals surface area contributed by atoms with Crippen molar-refractivity contribution in [2.24, 2.45) is 5.92 Å². The first-order valence-electron chi connectivity index (χ1n) is 9.51. The van der Waals surface area contributed by atoms with E-state index in [0.717, 1.165) is 24.9 Å². The van der Waals surface area contributed by atoms with Crippen molar-refractivity contribution in [2.75, 3.05) is 33.8 Å². The number of amides is 2. The molecule has 1 heterocycles. The van der Waals surface area contributed by atoms with E-state index < -0.39 is 5.60 Å². The monoisotopic (exact) mass is 376 g/mol. The summed E-state index contributed by atoms with van der Waals surface area (Å²) in [7, 11) is 3.40. The summed E-state index contributed by atoms with van der Waals surface area (Å²) in [5.41, 5.74) is 1.17. The summed E-state index contributed by atoms with van der Waals surface area (Å²) in [5, 5.41) is 0. The summed E-state index contributed by atoms with van der Waals surface area (Å²) in [6.45, 7) is 8.06. The van der Waals surface area contributed by atoms with Gasteiger partial charge in [-0.2, -0.15) is 0 Å². The molecule has 1 atom stereocenters. The molecule has 0 bridgehead atoms. The molecule has 6 nitrogen and oxygen atoms in total. The largest absolute Gasteiger partial charge is 0.444 e. The lowest BCUT2D eigenvalue weighted by molar-refractivity contribution is 0.0244. The number of ether oxygens (including phenoxy) is 2. The highest BCUT2D eigenvalue weighted by molar-refractivity contribution is 5.94. The highest BCUT2D eigenvalue weighted by Crippen LogP contribution is 2.21. The summed E-state index contributed by atoms with van der Waals surface area (Å²) in [5.74, 6) is 0.292. The number of rotatable bonds is 5. The maximum Gasteiger partial charge on any atom is 0.410 e. The third-order valence-electron chi connectivity index (χ3n) is 4.53. The van der Waals surface area contributed by atoms with Gasteiger partial charge >= 0.3 is 6.09 Å². The zero-order chi connectivity index (χ0) is 20.0. The van der Waals surface area contributed by atoms with E-state index in [1.54, 1.807) is 19.1 Å². The van der Waals surface area contributed by atoms with Crippen LogP contribution in [-0.2, 0) is 16.1 Å². The lowest BCUT2D eigenvalue weighted by atomic mass is 9.96. The average Bonchev–Trinajstić information content (AvgIpc) is 2.60. The van der Waals surface area contributed by atoms with Crippen LogP contribution in [0.4, 0.5) is 4.79 Å². The molecule has 27 heavy (non-hydrogen) atoms. The van der Waals surface area contributed by atoms with Gasteiger partial charge in [0.15, 0.2) is 0 Å². The molecule has 1 aliphatic heterocycles. The van der Waals surface area contributed by atoms with Crippen molar-refractivity contribution in [1.29, 1.82) is 0 Å². The van der Waals surface area contributed by atoms with Crippen LogP contribution >= 0.6 is 0 Å². The Bertz CT molecular complexity index is 654. The number of piperidine rings is 1. The average molecular weight is 376 g/mol. The van der Waals surface area contributed by atoms with E-state index in [9.17, 15) is 9.59 Å². The summed E-state index contributed by atoms with van der Waals surface area (Å²) >= 11 is 0. The quantitative estimate of drug-likeness (QED) is 0.788. The molecule has 0 spiro atoms. The third kappa shape index (κ3) is 6.54. The molecular weight excluding hydrogens is 344 g/mol. The smallest absolute Gasteiger partial charge is 0.410 e. The fraction of sp³-hybridized carbons (Fsp3) is 0.619. The van der Waals surface area contributed by atoms with Crippen LogP contribution in [0.25, 0.3) is 0 Å². The molecule has 0 unspecified atom stereocenters. The molecular formula is C21H32N2O4. The highest BCUT2D eigenvalue weighted by atomic mass is 16.6. The molecule has 0 aromatic heterocycles. The zero-order valence-electron chi connectivity index (χ0n) is 17.2. The van der Waals surface area contributed by atoms with Gasteiger partial charge in [-0.25, -0.2) is 4.79 Å². The summed E-state index contributed by atoms with van der Waals surface area (Å²) in [4.78, 5) is 28.6. The first kappa shape index (κ1) is 21.2. The summed E-state index contributed by atoms with van der Waals surface area (Å²) in [6.07, 6.45) is 1.62. The minimum Gasteiger partial charge on any atom is -0.444 e. The Hall–Kier alpha value is -2.08. The van der Waals surface area contributed by atoms with Crippen LogP contribution in [0.5, 0.6) is 0 Å². The van der Waals surface area contributed by atoms with E-state index in [4.69, 9.17) is 9.47 Å². The van der Waals surface area contributed by atoms with Gasteiger partial charge in [0.1, 0.15) is 5.60 Å². The van der Waals surface area contributed by atoms with Crippen molar-refractivity contribution < 1.29 is 19.1 Å². The second-order valence-electron chi connectivity index (χ2n) is 8.25. The lowest BCUT2D eigenvalue weighted by Gasteiger charge is -2.35. The molecule has 150 valence electrons. The van der Waals surface area contributed by atoms with Crippen LogP contribution in [0.3, 0.4) is 0 Å². The predicted octanol–water partition coefficient (Wildman–Crippen LogP) is 3.55. The van der Waals surface area contributed by atoms with Crippen molar-refractivity contribution in [2.45, 2.75) is 45.8 Å². The van der Waals surface area contributed by atoms with Gasteiger partial charge in [0.25, 0.3) is 5.91 Å². The van der Waals surface area contributed by atoms with Crippen molar-refractivity contribution in [3.8, 4) is 0 Å². The van der Waals surface area contributed by atoms with E-state index in [-0.39, 0.29) is 17.9 Å². The summed E-state index contributed by atoms with van der Waals surface area (Å²) < 4.78 is 10.6. The van der Waals surface area contributed by atoms with E-state index in [1.807, 2.05) is 49.9 Å². The topological polar surface area (TPSA) is 59.1 Å². The zero-order valence-corrected chi connectivity index (χ0v) is 17.2. The second kappa shape index (κ2) is 9.22. The van der Waals surface area contributed by atoms with E-state index >= 15 is 0 Å². The first-order chi connectivity index (χ1) is 12.7. The van der Waals surface area contributed by atoms with E-state index in [2.05, 4.69) is 0 Å². The fourth-order valence-corrected chi connectivity index (χ4v) is 3.34. The van der Waals surface area contributed by atoms with Gasteiger partial charge in [-0.15, -0.1) is 0 Å². The number of hydrogen-bond donors (Lipinski definition) is 0. The molecule has 0 N–H and O–H groups in total. The minimum absolute atomic E-state index is 0.0394. The Balaban J connectivity index is 1.96. The Morgan fingerprint density at radius 1 is 1.30 bits per heavy atom. The number of methoxy groups -OCH3 is 1. The molecule has 1 fully saturated rings. The Labute approximate surface area is 162 Å². The lowest BCUT2D eigenvalue weighted by Crippen LogP contribution is -2.45. The normalized spacial score (nSPS) is 17.5. The van der Waals surface area contributed by atoms with Crippen molar-refractivity contribution in [3.05, 3.63) is 35.4 Å². The third-order valence-corrected chi connectivity index (χ3v) is 4.53. The molecule has 2 rings (SSSR count). The van der Waals surface area contributed by atoms with Crippen LogP contribution in [-0.4, -0.2) is 61.2 Å². The van der Waals surface area contributed by atoms with Crippen LogP contribution in [0.2, 0.25) is 0 Å². The fourth-order valence-electron chi connectivity index (χ4n) is 3.34. The van der Waals surface area contributed by atoms with Crippen LogP contribution < -0.4 is 0 Å². The van der Waals surface area contributed by atoms with Gasteiger partial charge in [0.2, 0.25) is 0 Å². The van der Waals surface area contributed by atoms with Gasteiger partial charge in [0.05, 0.1) is 6.61 Å². The number of benzene rings is 1. The molecule has 1 aliphatic rings. The van der Waals surface area contributed by atoms with Crippen molar-refractivity contribution in [3.63, 3.8) is 0 Å². The first-order valence-corrected chi connectivity index (χ1v) is 9.51. The molecule has 6 heteroatoms. The molecule has 2 amide bonds. The van der Waals surface area contributed by atoms with Crippen LogP contribution in [0.15, 0.2) is 24.3 Å². The Kier molecular flexibility index (Phi) is 7.25. The molecule has 0 radical (unpaired) electrons. The van der Waals surface area contributed by atoms with E-state index in [1.165, 1.54) is 0 Å². The maximum atomic E-state index is 12.9. The molecule has 1 aromatic carbocycles. The van der Waals surface area contributed by atoms with Gasteiger partial charge in [-0.3, -0.25) is 4.79 Å². The SMILES string of the molecule is COCc1cccc(C(=O)N2CCC[C@H](CN(C)C(=O)OC(C)(C)C)C2)c1. The highest BCUT2D eigenvalue weighted by Gasteiger charge is 2.28. The molecule has 0 saturated carbocycles. The summed E-state index contributed by atoms with van der Waals surface area (Å²) in [6, 6.07) is 7.58. The molecule has 1 saturated heterocycles. The van der Waals surface area contributed by atoms with E-state index in [0.29, 0.717) is 25.3 Å². The van der Waals surface area contributed by atoms with Crippen molar-refractivity contribution >= 4 is 12.0 Å². The number of hydrogen-bond acceptors (Lipinski definition) is 4. The van der Waals surface area contributed by atoms with Gasteiger partial charge in [-0.1, -0.05) is 12.1 Å². The standard InChI is InChI=1S/C21H32N2O4/c1-21(2,3)27-20(25)22(4)13-17-9-7-11-23(14-17)19(24)18-10-6-8-16(12-18)15-26-5/h6,8,10,12,17H,7,9,11,13-15H2,1-5H3/t17-/m1/s1. The minimum atomic E-state index is -0.507. The second-order valence-corrected chi connectivity index (χ2v) is 8.25. The number of nitrogens with zero attached hydrogens (tertiary/aromatic N) is 2. The maximum absolute atomic E-state index is 12.9. The van der Waals surface area contributed by atoms with Crippen molar-refractivity contribution in [1.82, 2.24) is 9.80 Å². The molecule has 0 aliphatic carbocycles. The number of likely N-dealkylation sites (tertiary alicyclic amines) is 1. The van der Waals surface area contributed by atoms with Gasteiger partial charge in [-0.05, 0) is 57.2 Å². The van der Waals surface area contributed by atoms with Crippen LogP contribution in [0.1, 0.15) is 49.5 Å². The van der Waals surface area contributed by atoms with Crippen LogP contribution in [0, 0.1) is 5.92 Å². The predicted molar refractivity (Wildman–Crippen MR) is 105 cm³/mol. The number of carbonyl (C=O) groups excluding carboxylic acids is 2. The Morgan fingerprint density at radius 3 is 2.70 bits per heavy atom.